The molecule has 1 aliphatic rings. The molecule has 3 rings (SSSR count). The van der Waals surface area contributed by atoms with Gasteiger partial charge in [0.15, 0.2) is 0 Å². The molecule has 1 saturated heterocycles. The fraction of sp³-hybridized carbons (Fsp3) is 0.444. The normalized spacial score (nSPS) is 17.7. The Kier molecular flexibility index (Phi) is 5.23. The third-order valence-electron chi connectivity index (χ3n) is 4.04. The highest BCUT2D eigenvalue weighted by molar-refractivity contribution is 5.92. The Morgan fingerprint density at radius 3 is 3.00 bits per heavy atom. The van der Waals surface area contributed by atoms with Crippen molar-refractivity contribution in [1.29, 1.82) is 0 Å². The number of rotatable bonds is 4. The van der Waals surface area contributed by atoms with Gasteiger partial charge in [0.1, 0.15) is 11.8 Å². The molecule has 3 heterocycles. The summed E-state index contributed by atoms with van der Waals surface area (Å²) in [6.07, 6.45) is 4.06. The first kappa shape index (κ1) is 17.3. The maximum atomic E-state index is 12.9. The largest absolute Gasteiger partial charge is 0.370 e. The Hall–Kier alpha value is -2.54. The Labute approximate surface area is 147 Å². The molecule has 0 aromatic carbocycles. The van der Waals surface area contributed by atoms with Crippen LogP contribution in [0.25, 0.3) is 0 Å². The number of carbonyl (C=O) groups is 1. The standard InChI is InChI=1S/C18H23N5O2/c1-12(2)8-14-9-15(22-18(19)21-14)17(24)23-6-7-25-16(11-23)13-4-3-5-20-10-13/h3-5,9-10,12,16H,6-8,11H2,1-2H3,(H2,19,21,22)/t16-/m0/s1. The fourth-order valence-electron chi connectivity index (χ4n) is 2.91. The number of hydrogen-bond acceptors (Lipinski definition) is 6. The number of morpholine rings is 1. The minimum atomic E-state index is -0.180. The number of nitrogen functional groups attached to an aromatic ring is 1. The molecule has 1 aliphatic heterocycles. The fourth-order valence-corrected chi connectivity index (χ4v) is 2.91. The number of nitrogens with zero attached hydrogens (tertiary/aromatic N) is 4. The maximum Gasteiger partial charge on any atom is 0.272 e. The predicted molar refractivity (Wildman–Crippen MR) is 93.8 cm³/mol. The third-order valence-corrected chi connectivity index (χ3v) is 4.04. The lowest BCUT2D eigenvalue weighted by molar-refractivity contribution is -0.0231. The van der Waals surface area contributed by atoms with Gasteiger partial charge >= 0.3 is 0 Å². The Morgan fingerprint density at radius 1 is 1.44 bits per heavy atom. The molecule has 7 heteroatoms. The van der Waals surface area contributed by atoms with Gasteiger partial charge in [-0.05, 0) is 24.5 Å². The summed E-state index contributed by atoms with van der Waals surface area (Å²) in [6.45, 7) is 5.66. The Morgan fingerprint density at radius 2 is 2.28 bits per heavy atom. The van der Waals surface area contributed by atoms with Crippen molar-refractivity contribution in [3.63, 3.8) is 0 Å². The molecule has 2 N–H and O–H groups in total. The van der Waals surface area contributed by atoms with Crippen LogP contribution in [0, 0.1) is 5.92 Å². The van der Waals surface area contributed by atoms with Crippen LogP contribution in [0.2, 0.25) is 0 Å². The van der Waals surface area contributed by atoms with E-state index in [-0.39, 0.29) is 18.0 Å². The number of anilines is 1. The van der Waals surface area contributed by atoms with Crippen molar-refractivity contribution in [2.24, 2.45) is 5.92 Å². The summed E-state index contributed by atoms with van der Waals surface area (Å²) in [6, 6.07) is 5.56. The van der Waals surface area contributed by atoms with Crippen molar-refractivity contribution in [3.8, 4) is 0 Å². The molecule has 0 saturated carbocycles. The van der Waals surface area contributed by atoms with E-state index in [4.69, 9.17) is 10.5 Å². The molecule has 2 aromatic heterocycles. The molecule has 25 heavy (non-hydrogen) atoms. The van der Waals surface area contributed by atoms with E-state index in [0.29, 0.717) is 31.3 Å². The number of hydrogen-bond donors (Lipinski definition) is 1. The number of ether oxygens (including phenoxy) is 1. The first-order chi connectivity index (χ1) is 12.0. The minimum Gasteiger partial charge on any atom is -0.370 e. The molecule has 7 nitrogen and oxygen atoms in total. The average Bonchev–Trinajstić information content (AvgIpc) is 2.61. The van der Waals surface area contributed by atoms with Crippen LogP contribution in [-0.4, -0.2) is 45.5 Å². The molecular formula is C18H23N5O2. The summed E-state index contributed by atoms with van der Waals surface area (Å²) < 4.78 is 5.79. The van der Waals surface area contributed by atoms with E-state index in [0.717, 1.165) is 17.7 Å². The van der Waals surface area contributed by atoms with E-state index >= 15 is 0 Å². The number of aromatic nitrogens is 3. The van der Waals surface area contributed by atoms with Crippen LogP contribution < -0.4 is 5.73 Å². The van der Waals surface area contributed by atoms with Gasteiger partial charge in [0.25, 0.3) is 5.91 Å². The van der Waals surface area contributed by atoms with Crippen LogP contribution in [0.3, 0.4) is 0 Å². The van der Waals surface area contributed by atoms with Crippen LogP contribution in [-0.2, 0) is 11.2 Å². The number of nitrogens with two attached hydrogens (primary N) is 1. The Balaban J connectivity index is 1.77. The van der Waals surface area contributed by atoms with E-state index in [1.54, 1.807) is 23.4 Å². The van der Waals surface area contributed by atoms with Gasteiger partial charge in [0, 0.05) is 30.2 Å². The Bertz CT molecular complexity index is 736. The lowest BCUT2D eigenvalue weighted by atomic mass is 10.1. The van der Waals surface area contributed by atoms with Gasteiger partial charge in [-0.15, -0.1) is 0 Å². The molecule has 2 aromatic rings. The summed E-state index contributed by atoms with van der Waals surface area (Å²) in [7, 11) is 0. The highest BCUT2D eigenvalue weighted by atomic mass is 16.5. The molecule has 0 aliphatic carbocycles. The van der Waals surface area contributed by atoms with E-state index in [1.807, 2.05) is 12.1 Å². The summed E-state index contributed by atoms with van der Waals surface area (Å²) >= 11 is 0. The van der Waals surface area contributed by atoms with Gasteiger partial charge in [-0.3, -0.25) is 9.78 Å². The van der Waals surface area contributed by atoms with Crippen molar-refractivity contribution in [2.45, 2.75) is 26.4 Å². The molecule has 1 fully saturated rings. The minimum absolute atomic E-state index is 0.138. The van der Waals surface area contributed by atoms with Crippen molar-refractivity contribution < 1.29 is 9.53 Å². The van der Waals surface area contributed by atoms with Gasteiger partial charge in [-0.1, -0.05) is 19.9 Å². The highest BCUT2D eigenvalue weighted by Crippen LogP contribution is 2.22. The monoisotopic (exact) mass is 341 g/mol. The molecular weight excluding hydrogens is 318 g/mol. The lowest BCUT2D eigenvalue weighted by Crippen LogP contribution is -2.42. The summed E-state index contributed by atoms with van der Waals surface area (Å²) in [5.74, 6) is 0.422. The second-order valence-corrected chi connectivity index (χ2v) is 6.60. The summed E-state index contributed by atoms with van der Waals surface area (Å²) in [4.78, 5) is 27.1. The molecule has 1 amide bonds. The maximum absolute atomic E-state index is 12.9. The molecule has 132 valence electrons. The van der Waals surface area contributed by atoms with E-state index in [2.05, 4.69) is 28.8 Å². The van der Waals surface area contributed by atoms with Gasteiger partial charge < -0.3 is 15.4 Å². The summed E-state index contributed by atoms with van der Waals surface area (Å²) in [5, 5.41) is 0. The molecule has 1 atom stereocenters. The predicted octanol–water partition coefficient (Wildman–Crippen LogP) is 1.87. The number of amides is 1. The molecule has 0 radical (unpaired) electrons. The van der Waals surface area contributed by atoms with E-state index in [9.17, 15) is 4.79 Å². The number of carbonyl (C=O) groups excluding carboxylic acids is 1. The van der Waals surface area contributed by atoms with Crippen molar-refractivity contribution >= 4 is 11.9 Å². The number of pyridine rings is 1. The topological polar surface area (TPSA) is 94.2 Å². The van der Waals surface area contributed by atoms with Gasteiger partial charge in [0.2, 0.25) is 5.95 Å². The van der Waals surface area contributed by atoms with Crippen LogP contribution in [0.15, 0.2) is 30.6 Å². The summed E-state index contributed by atoms with van der Waals surface area (Å²) in [5.41, 5.74) is 7.89. The van der Waals surface area contributed by atoms with Crippen LogP contribution >= 0.6 is 0 Å². The first-order valence-corrected chi connectivity index (χ1v) is 8.47. The highest BCUT2D eigenvalue weighted by Gasteiger charge is 2.27. The zero-order valence-electron chi connectivity index (χ0n) is 14.6. The smallest absolute Gasteiger partial charge is 0.272 e. The van der Waals surface area contributed by atoms with Crippen LogP contribution in [0.4, 0.5) is 5.95 Å². The first-order valence-electron chi connectivity index (χ1n) is 8.47. The molecule has 0 unspecified atom stereocenters. The van der Waals surface area contributed by atoms with Crippen LogP contribution in [0.1, 0.15) is 41.7 Å². The van der Waals surface area contributed by atoms with Crippen LogP contribution in [0.5, 0.6) is 0 Å². The zero-order valence-corrected chi connectivity index (χ0v) is 14.6. The zero-order chi connectivity index (χ0) is 17.8. The van der Waals surface area contributed by atoms with Crippen molar-refractivity contribution in [3.05, 3.63) is 47.5 Å². The van der Waals surface area contributed by atoms with Crippen molar-refractivity contribution in [2.75, 3.05) is 25.4 Å². The van der Waals surface area contributed by atoms with E-state index in [1.165, 1.54) is 0 Å². The molecule has 0 bridgehead atoms. The second kappa shape index (κ2) is 7.57. The van der Waals surface area contributed by atoms with Crippen molar-refractivity contribution in [1.82, 2.24) is 19.9 Å². The lowest BCUT2D eigenvalue weighted by Gasteiger charge is -2.32. The second-order valence-electron chi connectivity index (χ2n) is 6.60. The van der Waals surface area contributed by atoms with Gasteiger partial charge in [-0.2, -0.15) is 0 Å². The quantitative estimate of drug-likeness (QED) is 0.912. The van der Waals surface area contributed by atoms with Gasteiger partial charge in [-0.25, -0.2) is 9.97 Å². The third kappa shape index (κ3) is 4.30. The molecule has 0 spiro atoms. The SMILES string of the molecule is CC(C)Cc1cc(C(=O)N2CCO[C@H](c3cccnc3)C2)nc(N)n1. The average molecular weight is 341 g/mol. The van der Waals surface area contributed by atoms with E-state index < -0.39 is 0 Å². The van der Waals surface area contributed by atoms with Gasteiger partial charge in [0.05, 0.1) is 13.2 Å².